The number of anilines is 1. The topological polar surface area (TPSA) is 48.4 Å². The third-order valence-corrected chi connectivity index (χ3v) is 2.45. The summed E-state index contributed by atoms with van der Waals surface area (Å²) in [6.07, 6.45) is 1.50. The average Bonchev–Trinajstić information content (AvgIpc) is 2.19. The molecular weight excluding hydrogens is 178 g/mol. The maximum Gasteiger partial charge on any atom is 0.134 e. The Bertz CT molecular complexity index is 321. The summed E-state index contributed by atoms with van der Waals surface area (Å²) in [6.45, 7) is 5.95. The molecule has 0 saturated carbocycles. The van der Waals surface area contributed by atoms with E-state index in [0.29, 0.717) is 0 Å². The minimum atomic E-state index is 0.237. The summed E-state index contributed by atoms with van der Waals surface area (Å²) in [4.78, 5) is 6.49. The molecule has 1 aliphatic heterocycles. The molecule has 2 rings (SSSR count). The number of aromatic hydroxyl groups is 1. The van der Waals surface area contributed by atoms with Crippen molar-refractivity contribution in [1.29, 1.82) is 0 Å². The van der Waals surface area contributed by atoms with Gasteiger partial charge in [0.15, 0.2) is 0 Å². The van der Waals surface area contributed by atoms with E-state index in [-0.39, 0.29) is 5.75 Å². The van der Waals surface area contributed by atoms with Crippen LogP contribution in [0.15, 0.2) is 12.3 Å². The van der Waals surface area contributed by atoms with E-state index in [1.54, 1.807) is 6.07 Å². The van der Waals surface area contributed by atoms with Gasteiger partial charge in [-0.1, -0.05) is 0 Å². The summed E-state index contributed by atoms with van der Waals surface area (Å²) >= 11 is 0. The van der Waals surface area contributed by atoms with Crippen LogP contribution in [-0.4, -0.2) is 36.3 Å². The Hall–Kier alpha value is -1.29. The van der Waals surface area contributed by atoms with Gasteiger partial charge in [-0.05, 0) is 18.6 Å². The predicted octanol–water partition coefficient (Wildman–Crippen LogP) is 0.505. The molecule has 1 aromatic rings. The van der Waals surface area contributed by atoms with Gasteiger partial charge in [0.1, 0.15) is 11.6 Å². The molecule has 0 amide bonds. The van der Waals surface area contributed by atoms with Crippen molar-refractivity contribution in [2.75, 3.05) is 31.1 Å². The fraction of sp³-hybridized carbons (Fsp3) is 0.500. The van der Waals surface area contributed by atoms with Crippen molar-refractivity contribution >= 4 is 5.82 Å². The quantitative estimate of drug-likeness (QED) is 0.682. The molecule has 0 bridgehead atoms. The highest BCUT2D eigenvalue weighted by Gasteiger charge is 2.13. The zero-order chi connectivity index (χ0) is 9.97. The minimum absolute atomic E-state index is 0.237. The van der Waals surface area contributed by atoms with E-state index >= 15 is 0 Å². The lowest BCUT2D eigenvalue weighted by Gasteiger charge is -2.29. The van der Waals surface area contributed by atoms with E-state index in [0.717, 1.165) is 37.6 Å². The van der Waals surface area contributed by atoms with Gasteiger partial charge in [0.25, 0.3) is 0 Å². The molecule has 2 heterocycles. The second kappa shape index (κ2) is 3.84. The first-order valence-electron chi connectivity index (χ1n) is 4.88. The normalized spacial score (nSPS) is 17.1. The van der Waals surface area contributed by atoms with Gasteiger partial charge in [0, 0.05) is 26.2 Å². The lowest BCUT2D eigenvalue weighted by Crippen LogP contribution is -2.44. The van der Waals surface area contributed by atoms with Crippen molar-refractivity contribution in [1.82, 2.24) is 10.3 Å². The van der Waals surface area contributed by atoms with Gasteiger partial charge in [-0.3, -0.25) is 0 Å². The van der Waals surface area contributed by atoms with E-state index in [4.69, 9.17) is 0 Å². The molecule has 0 atom stereocenters. The largest absolute Gasteiger partial charge is 0.506 e. The van der Waals surface area contributed by atoms with Crippen LogP contribution < -0.4 is 10.2 Å². The van der Waals surface area contributed by atoms with Crippen molar-refractivity contribution in [3.8, 4) is 5.75 Å². The maximum absolute atomic E-state index is 9.24. The molecule has 4 nitrogen and oxygen atoms in total. The number of rotatable bonds is 1. The molecule has 0 spiro atoms. The molecule has 1 aliphatic rings. The number of piperazine rings is 1. The third-order valence-electron chi connectivity index (χ3n) is 2.45. The summed E-state index contributed by atoms with van der Waals surface area (Å²) in [5.41, 5.74) is 1.03. The molecule has 2 N–H and O–H groups in total. The monoisotopic (exact) mass is 193 g/mol. The lowest BCUT2D eigenvalue weighted by atomic mass is 10.2. The third kappa shape index (κ3) is 1.80. The van der Waals surface area contributed by atoms with Crippen LogP contribution in [0.25, 0.3) is 0 Å². The molecule has 0 radical (unpaired) electrons. The highest BCUT2D eigenvalue weighted by molar-refractivity contribution is 5.48. The van der Waals surface area contributed by atoms with Crippen molar-refractivity contribution in [2.24, 2.45) is 0 Å². The smallest absolute Gasteiger partial charge is 0.134 e. The number of nitrogens with zero attached hydrogens (tertiary/aromatic N) is 2. The van der Waals surface area contributed by atoms with E-state index in [2.05, 4.69) is 15.2 Å². The van der Waals surface area contributed by atoms with Crippen molar-refractivity contribution < 1.29 is 5.11 Å². The number of hydrogen-bond donors (Lipinski definition) is 2. The van der Waals surface area contributed by atoms with E-state index in [1.807, 2.05) is 6.92 Å². The zero-order valence-electron chi connectivity index (χ0n) is 8.32. The Balaban J connectivity index is 2.22. The van der Waals surface area contributed by atoms with Crippen molar-refractivity contribution in [3.63, 3.8) is 0 Å². The number of nitrogens with one attached hydrogen (secondary N) is 1. The lowest BCUT2D eigenvalue weighted by molar-refractivity contribution is 0.471. The highest BCUT2D eigenvalue weighted by atomic mass is 16.3. The van der Waals surface area contributed by atoms with Gasteiger partial charge >= 0.3 is 0 Å². The molecule has 4 heteroatoms. The second-order valence-corrected chi connectivity index (χ2v) is 3.57. The Kier molecular flexibility index (Phi) is 2.54. The molecule has 0 aliphatic carbocycles. The molecule has 1 fully saturated rings. The Morgan fingerprint density at radius 2 is 2.14 bits per heavy atom. The van der Waals surface area contributed by atoms with Crippen LogP contribution in [0.3, 0.4) is 0 Å². The fourth-order valence-electron chi connectivity index (χ4n) is 1.76. The minimum Gasteiger partial charge on any atom is -0.506 e. The highest BCUT2D eigenvalue weighted by Crippen LogP contribution is 2.20. The Morgan fingerprint density at radius 3 is 2.79 bits per heavy atom. The number of aryl methyl sites for hydroxylation is 1. The second-order valence-electron chi connectivity index (χ2n) is 3.57. The molecule has 14 heavy (non-hydrogen) atoms. The van der Waals surface area contributed by atoms with Gasteiger partial charge in [-0.2, -0.15) is 0 Å². The summed E-state index contributed by atoms with van der Waals surface area (Å²) in [6, 6.07) is 1.75. The van der Waals surface area contributed by atoms with Crippen LogP contribution in [0.1, 0.15) is 5.56 Å². The average molecular weight is 193 g/mol. The van der Waals surface area contributed by atoms with E-state index < -0.39 is 0 Å². The summed E-state index contributed by atoms with van der Waals surface area (Å²) in [5.74, 6) is 1.23. The summed E-state index contributed by atoms with van der Waals surface area (Å²) in [5, 5.41) is 12.5. The molecule has 76 valence electrons. The van der Waals surface area contributed by atoms with Crippen molar-refractivity contribution in [2.45, 2.75) is 6.92 Å². The standard InChI is InChI=1S/C10H15N3O/c1-8-6-9(14)7-12-10(8)13-4-2-11-3-5-13/h6-7,11,14H,2-5H2,1H3. The first-order valence-corrected chi connectivity index (χ1v) is 4.88. The summed E-state index contributed by atoms with van der Waals surface area (Å²) in [7, 11) is 0. The maximum atomic E-state index is 9.24. The van der Waals surface area contributed by atoms with Gasteiger partial charge in [0.05, 0.1) is 6.20 Å². The van der Waals surface area contributed by atoms with Crippen LogP contribution in [0.4, 0.5) is 5.82 Å². The van der Waals surface area contributed by atoms with Gasteiger partial charge in [0.2, 0.25) is 0 Å². The Morgan fingerprint density at radius 1 is 1.43 bits per heavy atom. The predicted molar refractivity (Wildman–Crippen MR) is 55.7 cm³/mol. The molecule has 0 unspecified atom stereocenters. The molecule has 1 aromatic heterocycles. The van der Waals surface area contributed by atoms with Gasteiger partial charge in [-0.25, -0.2) is 4.98 Å². The van der Waals surface area contributed by atoms with Crippen molar-refractivity contribution in [3.05, 3.63) is 17.8 Å². The van der Waals surface area contributed by atoms with Crippen LogP contribution in [-0.2, 0) is 0 Å². The van der Waals surface area contributed by atoms with Crippen LogP contribution >= 0.6 is 0 Å². The zero-order valence-corrected chi connectivity index (χ0v) is 8.32. The fourth-order valence-corrected chi connectivity index (χ4v) is 1.76. The van der Waals surface area contributed by atoms with Crippen LogP contribution in [0.2, 0.25) is 0 Å². The molecule has 1 saturated heterocycles. The van der Waals surface area contributed by atoms with Gasteiger partial charge < -0.3 is 15.3 Å². The van der Waals surface area contributed by atoms with Crippen LogP contribution in [0.5, 0.6) is 5.75 Å². The first-order chi connectivity index (χ1) is 6.77. The number of hydrogen-bond acceptors (Lipinski definition) is 4. The Labute approximate surface area is 83.6 Å². The van der Waals surface area contributed by atoms with E-state index in [9.17, 15) is 5.11 Å². The number of aromatic nitrogens is 1. The molecular formula is C10H15N3O. The van der Waals surface area contributed by atoms with E-state index in [1.165, 1.54) is 6.20 Å². The number of pyridine rings is 1. The molecule has 0 aromatic carbocycles. The van der Waals surface area contributed by atoms with Crippen LogP contribution in [0, 0.1) is 6.92 Å². The SMILES string of the molecule is Cc1cc(O)cnc1N1CCNCC1. The first kappa shape index (κ1) is 9.27. The summed E-state index contributed by atoms with van der Waals surface area (Å²) < 4.78 is 0. The van der Waals surface area contributed by atoms with Gasteiger partial charge in [-0.15, -0.1) is 0 Å².